The molecule has 0 bridgehead atoms. The lowest BCUT2D eigenvalue weighted by Gasteiger charge is -2.43. The Morgan fingerprint density at radius 2 is 1.68 bits per heavy atom. The van der Waals surface area contributed by atoms with Crippen molar-refractivity contribution >= 4 is 23.5 Å². The third-order valence-corrected chi connectivity index (χ3v) is 7.28. The van der Waals surface area contributed by atoms with Crippen LogP contribution < -0.4 is 10.6 Å². The summed E-state index contributed by atoms with van der Waals surface area (Å²) in [4.78, 5) is 12.1. The third kappa shape index (κ3) is 7.12. The van der Waals surface area contributed by atoms with Gasteiger partial charge in [-0.15, -0.1) is 0 Å². The molecule has 1 aliphatic rings. The minimum Gasteiger partial charge on any atom is -0.396 e. The van der Waals surface area contributed by atoms with E-state index in [4.69, 9.17) is 9.47 Å². The zero-order valence-corrected chi connectivity index (χ0v) is 21.7. The van der Waals surface area contributed by atoms with Gasteiger partial charge in [-0.1, -0.05) is 66.7 Å². The highest BCUT2D eigenvalue weighted by Crippen LogP contribution is 2.47. The second-order valence-electron chi connectivity index (χ2n) is 8.81. The number of carbonyl (C=O) groups excluding carboxylic acids is 1. The molecule has 3 aromatic carbocycles. The normalized spacial score (nSPS) is 21.4. The van der Waals surface area contributed by atoms with Gasteiger partial charge in [-0.25, -0.2) is 4.79 Å². The summed E-state index contributed by atoms with van der Waals surface area (Å²) in [6.07, 6.45) is -1.16. The summed E-state index contributed by atoms with van der Waals surface area (Å²) in [6.45, 7) is 2.48. The fourth-order valence-corrected chi connectivity index (χ4v) is 5.33. The largest absolute Gasteiger partial charge is 0.396 e. The van der Waals surface area contributed by atoms with Crippen LogP contribution in [0.15, 0.2) is 78.9 Å². The molecule has 4 rings (SSSR count). The van der Waals surface area contributed by atoms with Gasteiger partial charge in [0.25, 0.3) is 0 Å². The Bertz CT molecular complexity index is 1130. The Kier molecular flexibility index (Phi) is 9.99. The molecular formula is C29H34N2O5S. The lowest BCUT2D eigenvalue weighted by molar-refractivity contribution is -0.255. The second kappa shape index (κ2) is 13.6. The van der Waals surface area contributed by atoms with Crippen molar-refractivity contribution in [2.75, 3.05) is 30.0 Å². The average Bonchev–Trinajstić information content (AvgIpc) is 2.93. The molecule has 4 unspecified atom stereocenters. The highest BCUT2D eigenvalue weighted by molar-refractivity contribution is 7.99. The maximum atomic E-state index is 12.1. The van der Waals surface area contributed by atoms with Crippen LogP contribution in [0.1, 0.15) is 47.5 Å². The number of thioether (sulfide) groups is 1. The standard InChI is InChI=1S/C29H34N2O5S/c1-2-30-29(34)31-24-10-6-9-23(17-24)28-35-25(19-37-16-15-32)26(21-7-4-3-5-8-21)27(36-28)22-13-11-20(18-33)12-14-22/h3-14,17,25-28,32-33H,2,15-16,18-19H2,1H3,(H2,30,31,34). The first-order valence-electron chi connectivity index (χ1n) is 12.5. The SMILES string of the molecule is CCNC(=O)Nc1cccc(C2OC(CSCCO)C(c3ccccc3)C(c3ccc(CO)cc3)O2)c1. The van der Waals surface area contributed by atoms with E-state index in [2.05, 4.69) is 22.8 Å². The molecule has 4 atom stereocenters. The van der Waals surface area contributed by atoms with E-state index in [1.54, 1.807) is 11.8 Å². The molecule has 1 fully saturated rings. The molecular weight excluding hydrogens is 488 g/mol. The summed E-state index contributed by atoms with van der Waals surface area (Å²) in [5.41, 5.74) is 4.39. The van der Waals surface area contributed by atoms with E-state index in [9.17, 15) is 15.0 Å². The smallest absolute Gasteiger partial charge is 0.319 e. The Balaban J connectivity index is 1.69. The number of anilines is 1. The van der Waals surface area contributed by atoms with Crippen LogP contribution >= 0.6 is 11.8 Å². The van der Waals surface area contributed by atoms with Gasteiger partial charge >= 0.3 is 6.03 Å². The zero-order valence-electron chi connectivity index (χ0n) is 20.9. The van der Waals surface area contributed by atoms with Crippen molar-refractivity contribution in [2.45, 2.75) is 37.9 Å². The summed E-state index contributed by atoms with van der Waals surface area (Å²) in [7, 11) is 0. The average molecular weight is 523 g/mol. The first-order chi connectivity index (χ1) is 18.1. The van der Waals surface area contributed by atoms with Crippen molar-refractivity contribution in [2.24, 2.45) is 0 Å². The predicted molar refractivity (Wildman–Crippen MR) is 147 cm³/mol. The van der Waals surface area contributed by atoms with Crippen LogP contribution in [0.3, 0.4) is 0 Å². The molecule has 2 amide bonds. The number of urea groups is 1. The number of rotatable bonds is 10. The van der Waals surface area contributed by atoms with E-state index < -0.39 is 6.29 Å². The Labute approximate surface area is 222 Å². The van der Waals surface area contributed by atoms with Crippen molar-refractivity contribution in [3.63, 3.8) is 0 Å². The van der Waals surface area contributed by atoms with E-state index in [-0.39, 0.29) is 37.4 Å². The highest BCUT2D eigenvalue weighted by atomic mass is 32.2. The summed E-state index contributed by atoms with van der Waals surface area (Å²) in [6, 6.07) is 25.3. The number of nitrogens with one attached hydrogen (secondary N) is 2. The van der Waals surface area contributed by atoms with Crippen LogP contribution in [0, 0.1) is 0 Å². The molecule has 0 aromatic heterocycles. The number of hydrogen-bond donors (Lipinski definition) is 4. The van der Waals surface area contributed by atoms with Crippen LogP contribution in [0.2, 0.25) is 0 Å². The molecule has 196 valence electrons. The number of hydrogen-bond acceptors (Lipinski definition) is 6. The first kappa shape index (κ1) is 27.2. The molecule has 1 saturated heterocycles. The second-order valence-corrected chi connectivity index (χ2v) is 9.96. The van der Waals surface area contributed by atoms with Gasteiger partial charge in [0.05, 0.1) is 25.4 Å². The fourth-order valence-electron chi connectivity index (χ4n) is 4.51. The Hall–Kier alpha value is -2.88. The number of benzene rings is 3. The summed E-state index contributed by atoms with van der Waals surface area (Å²) in [5.74, 6) is 1.22. The van der Waals surface area contributed by atoms with Crippen molar-refractivity contribution in [1.82, 2.24) is 5.32 Å². The van der Waals surface area contributed by atoms with E-state index >= 15 is 0 Å². The van der Waals surface area contributed by atoms with Gasteiger partial charge in [-0.2, -0.15) is 11.8 Å². The summed E-state index contributed by atoms with van der Waals surface area (Å²) >= 11 is 1.65. The monoisotopic (exact) mass is 522 g/mol. The van der Waals surface area contributed by atoms with Crippen LogP contribution in [0.25, 0.3) is 0 Å². The van der Waals surface area contributed by atoms with E-state index in [1.807, 2.05) is 73.7 Å². The lowest BCUT2D eigenvalue weighted by Crippen LogP contribution is -2.38. The topological polar surface area (TPSA) is 100 Å². The van der Waals surface area contributed by atoms with Gasteiger partial charge in [0.1, 0.15) is 0 Å². The number of amides is 2. The minimum absolute atomic E-state index is 0.0223. The molecule has 3 aromatic rings. The van der Waals surface area contributed by atoms with Gasteiger partial charge in [0.15, 0.2) is 6.29 Å². The van der Waals surface area contributed by atoms with E-state index in [0.29, 0.717) is 23.7 Å². The molecule has 1 aliphatic heterocycles. The van der Waals surface area contributed by atoms with Crippen LogP contribution in [0.5, 0.6) is 0 Å². The fraction of sp³-hybridized carbons (Fsp3) is 0.345. The summed E-state index contributed by atoms with van der Waals surface area (Å²) < 4.78 is 13.3. The lowest BCUT2D eigenvalue weighted by atomic mass is 9.84. The minimum atomic E-state index is -0.654. The van der Waals surface area contributed by atoms with Crippen molar-refractivity contribution in [3.8, 4) is 0 Å². The molecule has 1 heterocycles. The number of ether oxygens (including phenoxy) is 2. The van der Waals surface area contributed by atoms with Crippen LogP contribution in [-0.4, -0.2) is 47.0 Å². The molecule has 0 radical (unpaired) electrons. The van der Waals surface area contributed by atoms with Crippen molar-refractivity contribution < 1.29 is 24.5 Å². The molecule has 8 heteroatoms. The number of aliphatic hydroxyl groups is 2. The van der Waals surface area contributed by atoms with Gasteiger partial charge in [0.2, 0.25) is 0 Å². The number of carbonyl (C=O) groups is 1. The van der Waals surface area contributed by atoms with Crippen molar-refractivity contribution in [3.05, 3.63) is 101 Å². The highest BCUT2D eigenvalue weighted by Gasteiger charge is 2.41. The Morgan fingerprint density at radius 3 is 2.38 bits per heavy atom. The molecule has 37 heavy (non-hydrogen) atoms. The Morgan fingerprint density at radius 1 is 0.919 bits per heavy atom. The maximum Gasteiger partial charge on any atom is 0.319 e. The molecule has 7 nitrogen and oxygen atoms in total. The first-order valence-corrected chi connectivity index (χ1v) is 13.7. The predicted octanol–water partition coefficient (Wildman–Crippen LogP) is 4.98. The van der Waals surface area contributed by atoms with Gasteiger partial charge < -0.3 is 30.3 Å². The van der Waals surface area contributed by atoms with Gasteiger partial charge in [0, 0.05) is 35.2 Å². The van der Waals surface area contributed by atoms with E-state index in [0.717, 1.165) is 22.3 Å². The van der Waals surface area contributed by atoms with Crippen LogP contribution in [-0.2, 0) is 16.1 Å². The summed E-state index contributed by atoms with van der Waals surface area (Å²) in [5, 5.41) is 24.5. The zero-order chi connectivity index (χ0) is 26.0. The molecule has 0 saturated carbocycles. The molecule has 0 aliphatic carbocycles. The van der Waals surface area contributed by atoms with E-state index in [1.165, 1.54) is 0 Å². The molecule has 0 spiro atoms. The molecule has 4 N–H and O–H groups in total. The maximum absolute atomic E-state index is 12.1. The van der Waals surface area contributed by atoms with Crippen molar-refractivity contribution in [1.29, 1.82) is 0 Å². The van der Waals surface area contributed by atoms with Gasteiger partial charge in [-0.05, 0) is 35.7 Å². The number of aliphatic hydroxyl groups excluding tert-OH is 2. The quantitative estimate of drug-likeness (QED) is 0.280. The third-order valence-electron chi connectivity index (χ3n) is 6.24. The van der Waals surface area contributed by atoms with Crippen LogP contribution in [0.4, 0.5) is 10.5 Å². The van der Waals surface area contributed by atoms with Gasteiger partial charge in [-0.3, -0.25) is 0 Å².